The molecule has 0 atom stereocenters. The third-order valence-electron chi connectivity index (χ3n) is 1.22. The zero-order valence-corrected chi connectivity index (χ0v) is 8.85. The van der Waals surface area contributed by atoms with Crippen molar-refractivity contribution in [3.8, 4) is 0 Å². The van der Waals surface area contributed by atoms with Gasteiger partial charge in [-0.25, -0.2) is 0 Å². The molecule has 0 heterocycles. The van der Waals surface area contributed by atoms with Gasteiger partial charge in [-0.2, -0.15) is 0 Å². The molecule has 11 heavy (non-hydrogen) atoms. The third-order valence-corrected chi connectivity index (χ3v) is 1.94. The summed E-state index contributed by atoms with van der Waals surface area (Å²) in [4.78, 5) is 0. The molecule has 0 aliphatic rings. The van der Waals surface area contributed by atoms with Crippen LogP contribution in [0, 0.1) is 3.57 Å². The predicted octanol–water partition coefficient (Wildman–Crippen LogP) is 1.68. The molecule has 0 spiro atoms. The van der Waals surface area contributed by atoms with E-state index < -0.39 is 0 Å². The number of benzene rings is 1. The molecule has 3 N–H and O–H groups in total. The summed E-state index contributed by atoms with van der Waals surface area (Å²) >= 11 is 2.27. The van der Waals surface area contributed by atoms with Crippen molar-refractivity contribution in [2.24, 2.45) is 5.84 Å². The highest BCUT2D eigenvalue weighted by molar-refractivity contribution is 14.1. The van der Waals surface area contributed by atoms with Crippen LogP contribution < -0.4 is 11.3 Å². The number of rotatable bonds is 2. The minimum atomic E-state index is 0. The number of nitrogens with two attached hydrogens (primary N) is 1. The monoisotopic (exact) mass is 284 g/mol. The molecule has 0 aliphatic carbocycles. The van der Waals surface area contributed by atoms with Gasteiger partial charge in [-0.05, 0) is 40.3 Å². The van der Waals surface area contributed by atoms with Gasteiger partial charge in [-0.1, -0.05) is 12.1 Å². The van der Waals surface area contributed by atoms with Gasteiger partial charge in [0.15, 0.2) is 0 Å². The summed E-state index contributed by atoms with van der Waals surface area (Å²) in [7, 11) is 0. The van der Waals surface area contributed by atoms with Crippen LogP contribution in [0.4, 0.5) is 0 Å². The van der Waals surface area contributed by atoms with Crippen molar-refractivity contribution in [3.63, 3.8) is 0 Å². The van der Waals surface area contributed by atoms with Gasteiger partial charge in [0.1, 0.15) is 0 Å². The zero-order valence-electron chi connectivity index (χ0n) is 5.88. The average molecular weight is 285 g/mol. The molecule has 0 amide bonds. The van der Waals surface area contributed by atoms with Crippen LogP contribution in [-0.2, 0) is 6.54 Å². The first-order valence-corrected chi connectivity index (χ1v) is 4.08. The van der Waals surface area contributed by atoms with Crippen molar-refractivity contribution in [2.75, 3.05) is 0 Å². The molecule has 0 bridgehead atoms. The van der Waals surface area contributed by atoms with Gasteiger partial charge in [-0.15, -0.1) is 12.4 Å². The van der Waals surface area contributed by atoms with Crippen molar-refractivity contribution in [2.45, 2.75) is 6.54 Å². The molecule has 0 unspecified atom stereocenters. The largest absolute Gasteiger partial charge is 0.271 e. The van der Waals surface area contributed by atoms with E-state index >= 15 is 0 Å². The molecule has 0 aliphatic heterocycles. The summed E-state index contributed by atoms with van der Waals surface area (Å²) in [6.07, 6.45) is 0. The first kappa shape index (κ1) is 11.2. The van der Waals surface area contributed by atoms with E-state index in [1.54, 1.807) is 0 Å². The smallest absolute Gasteiger partial charge is 0.0348 e. The molecule has 0 radical (unpaired) electrons. The maximum Gasteiger partial charge on any atom is 0.0348 e. The number of nitrogens with one attached hydrogen (secondary N) is 1. The topological polar surface area (TPSA) is 38.0 Å². The fourth-order valence-corrected chi connectivity index (χ4v) is 1.08. The van der Waals surface area contributed by atoms with Gasteiger partial charge < -0.3 is 0 Å². The van der Waals surface area contributed by atoms with E-state index in [9.17, 15) is 0 Å². The zero-order chi connectivity index (χ0) is 7.40. The van der Waals surface area contributed by atoms with E-state index in [2.05, 4.69) is 52.3 Å². The lowest BCUT2D eigenvalue weighted by Crippen LogP contribution is -2.20. The molecule has 0 saturated heterocycles. The van der Waals surface area contributed by atoms with Gasteiger partial charge in [0.25, 0.3) is 0 Å². The fourth-order valence-electron chi connectivity index (χ4n) is 0.720. The second-order valence-electron chi connectivity index (χ2n) is 2.01. The molecule has 1 aromatic carbocycles. The van der Waals surface area contributed by atoms with E-state index in [0.29, 0.717) is 0 Å². The molecule has 4 heteroatoms. The van der Waals surface area contributed by atoms with E-state index in [-0.39, 0.29) is 12.4 Å². The number of hydrogen-bond donors (Lipinski definition) is 2. The Hall–Kier alpha value is 0.160. The quantitative estimate of drug-likeness (QED) is 0.493. The minimum absolute atomic E-state index is 0. The molecule has 1 aromatic rings. The van der Waals surface area contributed by atoms with Crippen molar-refractivity contribution < 1.29 is 0 Å². The Morgan fingerprint density at radius 3 is 2.27 bits per heavy atom. The predicted molar refractivity (Wildman–Crippen MR) is 57.4 cm³/mol. The van der Waals surface area contributed by atoms with Crippen molar-refractivity contribution >= 4 is 35.0 Å². The Labute approximate surface area is 86.1 Å². The van der Waals surface area contributed by atoms with Gasteiger partial charge in [0.05, 0.1) is 0 Å². The van der Waals surface area contributed by atoms with Crippen LogP contribution in [0.2, 0.25) is 0 Å². The van der Waals surface area contributed by atoms with Gasteiger partial charge in [-0.3, -0.25) is 11.3 Å². The number of hydrogen-bond acceptors (Lipinski definition) is 2. The summed E-state index contributed by atoms with van der Waals surface area (Å²) in [5, 5.41) is 0. The lowest BCUT2D eigenvalue weighted by molar-refractivity contribution is 0.741. The Bertz CT molecular complexity index is 200. The second kappa shape index (κ2) is 5.77. The van der Waals surface area contributed by atoms with Crippen LogP contribution in [-0.4, -0.2) is 0 Å². The van der Waals surface area contributed by atoms with Crippen molar-refractivity contribution in [1.29, 1.82) is 0 Å². The van der Waals surface area contributed by atoms with E-state index in [1.165, 1.54) is 9.13 Å². The average Bonchev–Trinajstić information content (AvgIpc) is 1.95. The van der Waals surface area contributed by atoms with Crippen LogP contribution in [0.5, 0.6) is 0 Å². The van der Waals surface area contributed by atoms with E-state index in [1.807, 2.05) is 0 Å². The Morgan fingerprint density at radius 1 is 1.27 bits per heavy atom. The molecule has 0 saturated carbocycles. The number of hydrazine groups is 1. The van der Waals surface area contributed by atoms with Gasteiger partial charge in [0.2, 0.25) is 0 Å². The van der Waals surface area contributed by atoms with Crippen LogP contribution in [0.25, 0.3) is 0 Å². The highest BCUT2D eigenvalue weighted by Crippen LogP contribution is 2.05. The minimum Gasteiger partial charge on any atom is -0.271 e. The van der Waals surface area contributed by atoms with Gasteiger partial charge in [0, 0.05) is 10.1 Å². The summed E-state index contributed by atoms with van der Waals surface area (Å²) in [5.74, 6) is 5.15. The standard InChI is InChI=1S/C7H9IN2.ClH/c8-7-3-1-6(2-4-7)5-10-9;/h1-4,10H,5,9H2;1H. The molecular formula is C7H10ClIN2. The van der Waals surface area contributed by atoms with Crippen LogP contribution in [0.15, 0.2) is 24.3 Å². The lowest BCUT2D eigenvalue weighted by atomic mass is 10.2. The second-order valence-corrected chi connectivity index (χ2v) is 3.25. The number of halogens is 2. The molecule has 0 aromatic heterocycles. The van der Waals surface area contributed by atoms with Crippen molar-refractivity contribution in [1.82, 2.24) is 5.43 Å². The first-order chi connectivity index (χ1) is 4.83. The van der Waals surface area contributed by atoms with Crippen LogP contribution >= 0.6 is 35.0 Å². The molecule has 1 rings (SSSR count). The van der Waals surface area contributed by atoms with E-state index in [0.717, 1.165) is 6.54 Å². The Kier molecular flexibility index (Phi) is 5.85. The first-order valence-electron chi connectivity index (χ1n) is 3.01. The lowest BCUT2D eigenvalue weighted by Gasteiger charge is -1.97. The molecule has 62 valence electrons. The molecule has 0 fully saturated rings. The highest BCUT2D eigenvalue weighted by Gasteiger charge is 1.88. The molecular weight excluding hydrogens is 274 g/mol. The summed E-state index contributed by atoms with van der Waals surface area (Å²) in [6.45, 7) is 0.733. The molecule has 2 nitrogen and oxygen atoms in total. The van der Waals surface area contributed by atoms with E-state index in [4.69, 9.17) is 5.84 Å². The van der Waals surface area contributed by atoms with Crippen LogP contribution in [0.3, 0.4) is 0 Å². The normalized spacial score (nSPS) is 8.91. The Balaban J connectivity index is 0.000001000. The maximum atomic E-state index is 5.15. The summed E-state index contributed by atoms with van der Waals surface area (Å²) < 4.78 is 1.25. The Morgan fingerprint density at radius 2 is 1.82 bits per heavy atom. The van der Waals surface area contributed by atoms with Crippen molar-refractivity contribution in [3.05, 3.63) is 33.4 Å². The maximum absolute atomic E-state index is 5.15. The van der Waals surface area contributed by atoms with Crippen LogP contribution in [0.1, 0.15) is 5.56 Å². The summed E-state index contributed by atoms with van der Waals surface area (Å²) in [5.41, 5.74) is 3.81. The SMILES string of the molecule is Cl.NNCc1ccc(I)cc1. The summed E-state index contributed by atoms with van der Waals surface area (Å²) in [6, 6.07) is 8.24. The van der Waals surface area contributed by atoms with Gasteiger partial charge >= 0.3 is 0 Å². The highest BCUT2D eigenvalue weighted by atomic mass is 127. The fraction of sp³-hybridized carbons (Fsp3) is 0.143. The third kappa shape index (κ3) is 3.91.